The number of nitrogens with zero attached hydrogens (tertiary/aromatic N) is 3. The molecule has 2 aromatic heterocycles. The van der Waals surface area contributed by atoms with E-state index in [0.717, 1.165) is 45.4 Å². The van der Waals surface area contributed by atoms with Gasteiger partial charge in [0.1, 0.15) is 5.54 Å². The fraction of sp³-hybridized carbons (Fsp3) is 0.500. The highest BCUT2D eigenvalue weighted by atomic mass is 32.1. The molecule has 0 spiro atoms. The Bertz CT molecular complexity index is 658. The van der Waals surface area contributed by atoms with E-state index in [9.17, 15) is 4.79 Å². The minimum absolute atomic E-state index is 0.231. The summed E-state index contributed by atoms with van der Waals surface area (Å²) in [6.07, 6.45) is 6.29. The number of thiophene rings is 1. The predicted octanol–water partition coefficient (Wildman–Crippen LogP) is 1.61. The fourth-order valence-electron chi connectivity index (χ4n) is 3.62. The number of fused-ring (bicyclic) bond motifs is 1. The van der Waals surface area contributed by atoms with Gasteiger partial charge in [-0.1, -0.05) is 0 Å². The van der Waals surface area contributed by atoms with Gasteiger partial charge in [-0.2, -0.15) is 5.10 Å². The molecule has 6 heteroatoms. The van der Waals surface area contributed by atoms with E-state index in [0.29, 0.717) is 0 Å². The lowest BCUT2D eigenvalue weighted by molar-refractivity contribution is -0.144. The number of rotatable bonds is 2. The van der Waals surface area contributed by atoms with Crippen LogP contribution >= 0.6 is 11.3 Å². The first-order valence-electron chi connectivity index (χ1n) is 7.85. The predicted molar refractivity (Wildman–Crippen MR) is 85.7 cm³/mol. The average Bonchev–Trinajstić information content (AvgIpc) is 3.25. The number of carbonyl (C=O) groups is 1. The standard InChI is InChI=1S/C16H20N4OS/c21-15(19-10-2-14-13(12-19)3-11-22-14)16(4-7-17-8-5-16)20-9-1-6-18-20/h1,3,6,9,11,17H,2,4-5,7-8,10,12H2. The summed E-state index contributed by atoms with van der Waals surface area (Å²) in [5.41, 5.74) is 0.802. The van der Waals surface area contributed by atoms with Gasteiger partial charge in [-0.05, 0) is 55.4 Å². The first-order valence-corrected chi connectivity index (χ1v) is 8.73. The van der Waals surface area contributed by atoms with E-state index in [1.165, 1.54) is 10.4 Å². The van der Waals surface area contributed by atoms with Crippen molar-refractivity contribution >= 4 is 17.2 Å². The second kappa shape index (κ2) is 5.52. The van der Waals surface area contributed by atoms with Crippen molar-refractivity contribution in [2.45, 2.75) is 31.3 Å². The van der Waals surface area contributed by atoms with Gasteiger partial charge in [-0.15, -0.1) is 11.3 Å². The van der Waals surface area contributed by atoms with Crippen LogP contribution in [0.4, 0.5) is 0 Å². The Labute approximate surface area is 133 Å². The molecule has 1 N–H and O–H groups in total. The third-order valence-corrected chi connectivity index (χ3v) is 5.89. The van der Waals surface area contributed by atoms with Gasteiger partial charge in [0.15, 0.2) is 0 Å². The molecular weight excluding hydrogens is 296 g/mol. The molecule has 1 saturated heterocycles. The smallest absolute Gasteiger partial charge is 0.250 e. The zero-order valence-corrected chi connectivity index (χ0v) is 13.3. The molecule has 2 aliphatic rings. The van der Waals surface area contributed by atoms with Gasteiger partial charge in [0.05, 0.1) is 0 Å². The van der Waals surface area contributed by atoms with Gasteiger partial charge in [0.2, 0.25) is 0 Å². The molecule has 4 heterocycles. The molecule has 1 amide bonds. The summed E-state index contributed by atoms with van der Waals surface area (Å²) in [6.45, 7) is 3.29. The molecule has 116 valence electrons. The Kier molecular flexibility index (Phi) is 3.50. The number of nitrogens with one attached hydrogen (secondary N) is 1. The number of aromatic nitrogens is 2. The second-order valence-corrected chi connectivity index (χ2v) is 7.08. The number of piperidine rings is 1. The maximum atomic E-state index is 13.3. The van der Waals surface area contributed by atoms with Gasteiger partial charge in [-0.3, -0.25) is 9.48 Å². The van der Waals surface area contributed by atoms with Crippen molar-refractivity contribution < 1.29 is 4.79 Å². The van der Waals surface area contributed by atoms with Crippen LogP contribution in [-0.2, 0) is 23.3 Å². The van der Waals surface area contributed by atoms with Crippen molar-refractivity contribution in [3.8, 4) is 0 Å². The molecule has 4 rings (SSSR count). The lowest BCUT2D eigenvalue weighted by atomic mass is 9.86. The topological polar surface area (TPSA) is 50.2 Å². The highest BCUT2D eigenvalue weighted by Crippen LogP contribution is 2.32. The lowest BCUT2D eigenvalue weighted by Crippen LogP contribution is -2.56. The third-order valence-electron chi connectivity index (χ3n) is 4.87. The van der Waals surface area contributed by atoms with Gasteiger partial charge in [0, 0.05) is 30.4 Å². The summed E-state index contributed by atoms with van der Waals surface area (Å²) in [5.74, 6) is 0.231. The molecule has 2 aliphatic heterocycles. The van der Waals surface area contributed by atoms with Crippen LogP contribution in [0.15, 0.2) is 29.9 Å². The molecule has 0 unspecified atom stereocenters. The van der Waals surface area contributed by atoms with Crippen LogP contribution in [-0.4, -0.2) is 40.2 Å². The van der Waals surface area contributed by atoms with Crippen molar-refractivity contribution in [2.24, 2.45) is 0 Å². The molecule has 0 atom stereocenters. The third kappa shape index (κ3) is 2.18. The Hall–Kier alpha value is -1.66. The van der Waals surface area contributed by atoms with E-state index >= 15 is 0 Å². The van der Waals surface area contributed by atoms with E-state index in [1.807, 2.05) is 21.8 Å². The van der Waals surface area contributed by atoms with Gasteiger partial charge in [0.25, 0.3) is 5.91 Å². The van der Waals surface area contributed by atoms with E-state index in [4.69, 9.17) is 0 Å². The Balaban J connectivity index is 1.64. The largest absolute Gasteiger partial charge is 0.336 e. The van der Waals surface area contributed by atoms with Crippen LogP contribution in [0, 0.1) is 0 Å². The summed E-state index contributed by atoms with van der Waals surface area (Å²) in [4.78, 5) is 16.8. The molecule has 0 bridgehead atoms. The zero-order valence-electron chi connectivity index (χ0n) is 12.5. The monoisotopic (exact) mass is 316 g/mol. The molecule has 22 heavy (non-hydrogen) atoms. The fourth-order valence-corrected chi connectivity index (χ4v) is 4.51. The van der Waals surface area contributed by atoms with E-state index in [1.54, 1.807) is 17.5 Å². The number of hydrogen-bond donors (Lipinski definition) is 1. The summed E-state index contributed by atoms with van der Waals surface area (Å²) in [7, 11) is 0. The van der Waals surface area contributed by atoms with Crippen LogP contribution in [0.5, 0.6) is 0 Å². The Morgan fingerprint density at radius 3 is 3.00 bits per heavy atom. The summed E-state index contributed by atoms with van der Waals surface area (Å²) < 4.78 is 1.89. The molecular formula is C16H20N4OS. The van der Waals surface area contributed by atoms with E-state index in [-0.39, 0.29) is 5.91 Å². The van der Waals surface area contributed by atoms with Crippen molar-refractivity contribution in [3.63, 3.8) is 0 Å². The van der Waals surface area contributed by atoms with Crippen molar-refractivity contribution in [2.75, 3.05) is 19.6 Å². The molecule has 0 aliphatic carbocycles. The van der Waals surface area contributed by atoms with Crippen molar-refractivity contribution in [1.82, 2.24) is 20.0 Å². The summed E-state index contributed by atoms with van der Waals surface area (Å²) in [5, 5.41) is 9.90. The van der Waals surface area contributed by atoms with Crippen molar-refractivity contribution in [3.05, 3.63) is 40.3 Å². The zero-order chi connectivity index (χ0) is 15.0. The molecule has 1 fully saturated rings. The number of hydrogen-bond acceptors (Lipinski definition) is 4. The second-order valence-electron chi connectivity index (χ2n) is 6.08. The Morgan fingerprint density at radius 1 is 1.36 bits per heavy atom. The van der Waals surface area contributed by atoms with Crippen molar-refractivity contribution in [1.29, 1.82) is 0 Å². The van der Waals surface area contributed by atoms with Crippen LogP contribution in [0.25, 0.3) is 0 Å². The minimum Gasteiger partial charge on any atom is -0.336 e. The van der Waals surface area contributed by atoms with E-state index < -0.39 is 5.54 Å². The maximum Gasteiger partial charge on any atom is 0.250 e. The highest BCUT2D eigenvalue weighted by molar-refractivity contribution is 7.10. The van der Waals surface area contributed by atoms with E-state index in [2.05, 4.69) is 21.9 Å². The quantitative estimate of drug-likeness (QED) is 0.916. The van der Waals surface area contributed by atoms with Gasteiger partial charge in [-0.25, -0.2) is 0 Å². The lowest BCUT2D eigenvalue weighted by Gasteiger charge is -2.41. The normalized spacial score (nSPS) is 20.6. The van der Waals surface area contributed by atoms with Gasteiger partial charge >= 0.3 is 0 Å². The molecule has 5 nitrogen and oxygen atoms in total. The summed E-state index contributed by atoms with van der Waals surface area (Å²) >= 11 is 1.81. The summed E-state index contributed by atoms with van der Waals surface area (Å²) in [6, 6.07) is 4.06. The van der Waals surface area contributed by atoms with Crippen LogP contribution in [0.2, 0.25) is 0 Å². The van der Waals surface area contributed by atoms with Crippen LogP contribution < -0.4 is 5.32 Å². The molecule has 0 saturated carbocycles. The molecule has 2 aromatic rings. The first-order chi connectivity index (χ1) is 10.8. The van der Waals surface area contributed by atoms with Gasteiger partial charge < -0.3 is 10.2 Å². The van der Waals surface area contributed by atoms with Crippen LogP contribution in [0.3, 0.4) is 0 Å². The molecule has 0 aromatic carbocycles. The average molecular weight is 316 g/mol. The Morgan fingerprint density at radius 2 is 2.23 bits per heavy atom. The van der Waals surface area contributed by atoms with Crippen LogP contribution in [0.1, 0.15) is 23.3 Å². The minimum atomic E-state index is -0.512. The first kappa shape index (κ1) is 14.0. The molecule has 0 radical (unpaired) electrons. The highest BCUT2D eigenvalue weighted by Gasteiger charge is 2.44. The number of carbonyl (C=O) groups excluding carboxylic acids is 1. The SMILES string of the molecule is O=C(N1CCc2sccc2C1)C1(n2cccn2)CCNCC1. The maximum absolute atomic E-state index is 13.3. The number of amides is 1.